The second-order valence-corrected chi connectivity index (χ2v) is 6.92. The van der Waals surface area contributed by atoms with Crippen LogP contribution in [0, 0.1) is 0 Å². The van der Waals surface area contributed by atoms with Gasteiger partial charge < -0.3 is 5.32 Å². The first-order valence-electron chi connectivity index (χ1n) is 8.54. The number of carbonyl (C=O) groups is 1. The Morgan fingerprint density at radius 3 is 2.85 bits per heavy atom. The Hall–Kier alpha value is -2.99. The number of H-pyrrole nitrogens is 1. The molecule has 0 bridgehead atoms. The number of benzene rings is 2. The van der Waals surface area contributed by atoms with Gasteiger partial charge in [0.05, 0.1) is 5.92 Å². The summed E-state index contributed by atoms with van der Waals surface area (Å²) >= 11 is 1.58. The van der Waals surface area contributed by atoms with E-state index in [1.54, 1.807) is 17.5 Å². The van der Waals surface area contributed by atoms with Crippen molar-refractivity contribution in [1.82, 2.24) is 9.97 Å². The Balaban J connectivity index is 1.58. The zero-order valence-corrected chi connectivity index (χ0v) is 15.2. The molecule has 0 saturated carbocycles. The summed E-state index contributed by atoms with van der Waals surface area (Å²) in [5, 5.41) is 5.90. The molecule has 0 saturated heterocycles. The lowest BCUT2D eigenvalue weighted by Gasteiger charge is -2.15. The third kappa shape index (κ3) is 3.11. The highest BCUT2D eigenvalue weighted by Crippen LogP contribution is 2.23. The van der Waals surface area contributed by atoms with Crippen LogP contribution >= 0.6 is 11.3 Å². The van der Waals surface area contributed by atoms with E-state index in [-0.39, 0.29) is 11.8 Å². The molecular weight excluding hydrogens is 344 g/mol. The van der Waals surface area contributed by atoms with Gasteiger partial charge in [-0.1, -0.05) is 48.6 Å². The van der Waals surface area contributed by atoms with Crippen molar-refractivity contribution >= 4 is 34.0 Å². The van der Waals surface area contributed by atoms with Crippen molar-refractivity contribution in [3.8, 4) is 5.13 Å². The molecule has 1 atom stereocenters. The fourth-order valence-corrected chi connectivity index (χ4v) is 3.75. The van der Waals surface area contributed by atoms with Crippen LogP contribution in [0.1, 0.15) is 24.8 Å². The molecular formula is C20H19N4OS+. The van der Waals surface area contributed by atoms with E-state index in [9.17, 15) is 4.79 Å². The first-order valence-corrected chi connectivity index (χ1v) is 9.42. The van der Waals surface area contributed by atoms with Crippen molar-refractivity contribution in [3.63, 3.8) is 0 Å². The number of hydrogen-bond acceptors (Lipinski definition) is 3. The van der Waals surface area contributed by atoms with Crippen molar-refractivity contribution < 1.29 is 9.36 Å². The summed E-state index contributed by atoms with van der Waals surface area (Å²) < 4.78 is 2.00. The highest BCUT2D eigenvalue weighted by atomic mass is 32.1. The number of nitrogens with one attached hydrogen (secondary N) is 2. The maximum atomic E-state index is 12.7. The Bertz CT molecular complexity index is 1020. The van der Waals surface area contributed by atoms with Crippen LogP contribution < -0.4 is 9.88 Å². The number of aromatic amines is 1. The Kier molecular flexibility index (Phi) is 4.50. The quantitative estimate of drug-likeness (QED) is 0.526. The molecule has 130 valence electrons. The van der Waals surface area contributed by atoms with Crippen LogP contribution in [0.2, 0.25) is 0 Å². The SMILES string of the molecule is CCC(C(=O)Nc1ccc2c(c1)[nH]c[n+]2-c1nccs1)c1ccccc1. The molecule has 0 fully saturated rings. The molecule has 0 aliphatic heterocycles. The lowest BCUT2D eigenvalue weighted by Crippen LogP contribution is -2.28. The van der Waals surface area contributed by atoms with Crippen molar-refractivity contribution in [2.45, 2.75) is 19.3 Å². The summed E-state index contributed by atoms with van der Waals surface area (Å²) in [7, 11) is 0. The topological polar surface area (TPSA) is 61.7 Å². The molecule has 0 aliphatic rings. The van der Waals surface area contributed by atoms with Gasteiger partial charge in [-0.3, -0.25) is 9.78 Å². The number of aromatic nitrogens is 3. The van der Waals surface area contributed by atoms with Gasteiger partial charge in [0.1, 0.15) is 17.2 Å². The van der Waals surface area contributed by atoms with Crippen LogP contribution in [0.4, 0.5) is 5.69 Å². The zero-order valence-electron chi connectivity index (χ0n) is 14.3. The first-order chi connectivity index (χ1) is 12.8. The number of rotatable bonds is 5. The second kappa shape index (κ2) is 7.09. The third-order valence-electron chi connectivity index (χ3n) is 4.42. The number of anilines is 1. The molecule has 0 spiro atoms. The summed E-state index contributed by atoms with van der Waals surface area (Å²) in [5.41, 5.74) is 3.79. The molecule has 2 aromatic carbocycles. The van der Waals surface area contributed by atoms with E-state index in [2.05, 4.69) is 15.3 Å². The number of amides is 1. The van der Waals surface area contributed by atoms with Gasteiger partial charge in [-0.25, -0.2) is 0 Å². The lowest BCUT2D eigenvalue weighted by molar-refractivity contribution is -0.566. The lowest BCUT2D eigenvalue weighted by atomic mass is 9.95. The normalized spacial score (nSPS) is 12.2. The van der Waals surface area contributed by atoms with Crippen molar-refractivity contribution in [3.05, 3.63) is 72.0 Å². The molecule has 6 heteroatoms. The van der Waals surface area contributed by atoms with E-state index in [1.165, 1.54) is 0 Å². The smallest absolute Gasteiger partial charge is 0.325 e. The van der Waals surface area contributed by atoms with Crippen LogP contribution in [0.3, 0.4) is 0 Å². The average Bonchev–Trinajstić information content (AvgIpc) is 3.32. The van der Waals surface area contributed by atoms with Crippen LogP contribution in [0.15, 0.2) is 66.4 Å². The number of carbonyl (C=O) groups excluding carboxylic acids is 1. The maximum Gasteiger partial charge on any atom is 0.325 e. The Morgan fingerprint density at radius 1 is 1.27 bits per heavy atom. The molecule has 4 aromatic rings. The highest BCUT2D eigenvalue weighted by Gasteiger charge is 2.19. The average molecular weight is 363 g/mol. The Morgan fingerprint density at radius 2 is 2.12 bits per heavy atom. The van der Waals surface area contributed by atoms with Crippen molar-refractivity contribution in [1.29, 1.82) is 0 Å². The predicted molar refractivity (Wildman–Crippen MR) is 104 cm³/mol. The van der Waals surface area contributed by atoms with Gasteiger partial charge in [0.25, 0.3) is 0 Å². The highest BCUT2D eigenvalue weighted by molar-refractivity contribution is 7.11. The molecule has 2 aromatic heterocycles. The fourth-order valence-electron chi connectivity index (χ4n) is 3.12. The van der Waals surface area contributed by atoms with Gasteiger partial charge in [-0.15, -0.1) is 4.98 Å². The summed E-state index contributed by atoms with van der Waals surface area (Å²) in [6, 6.07) is 15.8. The van der Waals surface area contributed by atoms with E-state index < -0.39 is 0 Å². The summed E-state index contributed by atoms with van der Waals surface area (Å²) in [6.45, 7) is 2.03. The van der Waals surface area contributed by atoms with E-state index in [1.807, 2.05) is 71.7 Å². The molecule has 1 unspecified atom stereocenters. The molecule has 0 aliphatic carbocycles. The van der Waals surface area contributed by atoms with E-state index in [4.69, 9.17) is 0 Å². The molecule has 5 nitrogen and oxygen atoms in total. The second-order valence-electron chi connectivity index (χ2n) is 6.05. The van der Waals surface area contributed by atoms with E-state index in [0.717, 1.165) is 33.8 Å². The number of thiazole rings is 1. The molecule has 2 heterocycles. The maximum absolute atomic E-state index is 12.7. The predicted octanol–water partition coefficient (Wildman–Crippen LogP) is 4.03. The molecule has 1 amide bonds. The summed E-state index contributed by atoms with van der Waals surface area (Å²) in [6.07, 6.45) is 4.42. The van der Waals surface area contributed by atoms with Crippen molar-refractivity contribution in [2.24, 2.45) is 0 Å². The molecule has 26 heavy (non-hydrogen) atoms. The standard InChI is InChI=1S/C20H18N4OS/c1-2-16(14-6-4-3-5-7-14)19(25)23-15-8-9-18-17(12-15)22-13-24(18)20-21-10-11-26-20/h3-13,16H,2H2,1H3,(H,23,25)/p+1. The Labute approximate surface area is 155 Å². The first kappa shape index (κ1) is 16.5. The number of imidazole rings is 1. The number of hydrogen-bond donors (Lipinski definition) is 2. The van der Waals surface area contributed by atoms with Gasteiger partial charge in [-0.05, 0) is 24.1 Å². The van der Waals surface area contributed by atoms with Gasteiger partial charge in [0, 0.05) is 17.1 Å². The van der Waals surface area contributed by atoms with Gasteiger partial charge in [0.15, 0.2) is 6.33 Å². The monoisotopic (exact) mass is 363 g/mol. The zero-order chi connectivity index (χ0) is 17.9. The fraction of sp³-hybridized carbons (Fsp3) is 0.150. The third-order valence-corrected chi connectivity index (χ3v) is 5.20. The summed E-state index contributed by atoms with van der Waals surface area (Å²) in [5.74, 6) is -0.145. The van der Waals surface area contributed by atoms with E-state index >= 15 is 0 Å². The van der Waals surface area contributed by atoms with Gasteiger partial charge in [0.2, 0.25) is 5.91 Å². The van der Waals surface area contributed by atoms with Gasteiger partial charge >= 0.3 is 5.13 Å². The van der Waals surface area contributed by atoms with Crippen LogP contribution in [-0.2, 0) is 4.79 Å². The number of nitrogens with zero attached hydrogens (tertiary/aromatic N) is 2. The largest absolute Gasteiger partial charge is 0.325 e. The van der Waals surface area contributed by atoms with E-state index in [0.29, 0.717) is 0 Å². The molecule has 2 N–H and O–H groups in total. The number of fused-ring (bicyclic) bond motifs is 1. The van der Waals surface area contributed by atoms with Crippen LogP contribution in [0.25, 0.3) is 16.2 Å². The molecule has 0 radical (unpaired) electrons. The summed E-state index contributed by atoms with van der Waals surface area (Å²) in [4.78, 5) is 20.3. The minimum absolute atomic E-state index is 0.0115. The van der Waals surface area contributed by atoms with Crippen molar-refractivity contribution in [2.75, 3.05) is 5.32 Å². The van der Waals surface area contributed by atoms with Gasteiger partial charge in [-0.2, -0.15) is 4.57 Å². The van der Waals surface area contributed by atoms with Crippen LogP contribution in [0.5, 0.6) is 0 Å². The molecule has 4 rings (SSSR count). The minimum Gasteiger partial charge on any atom is -0.325 e. The minimum atomic E-state index is -0.157. The van der Waals surface area contributed by atoms with Crippen LogP contribution in [-0.4, -0.2) is 15.9 Å².